The first-order chi connectivity index (χ1) is 9.28. The van der Waals surface area contributed by atoms with Gasteiger partial charge in [-0.15, -0.1) is 0 Å². The van der Waals surface area contributed by atoms with Crippen LogP contribution in [0.15, 0.2) is 54.6 Å². The molecule has 1 heterocycles. The Bertz CT molecular complexity index is 720. The van der Waals surface area contributed by atoms with E-state index in [1.807, 2.05) is 12.1 Å². The molecule has 1 nitrogen and oxygen atoms in total. The lowest BCUT2D eigenvalue weighted by Crippen LogP contribution is -1.89. The third kappa shape index (κ3) is 2.34. The molecule has 0 aliphatic carbocycles. The van der Waals surface area contributed by atoms with E-state index in [1.165, 1.54) is 11.1 Å². The van der Waals surface area contributed by atoms with Crippen LogP contribution in [0.25, 0.3) is 22.0 Å². The summed E-state index contributed by atoms with van der Waals surface area (Å²) in [5.74, 6) is 0. The molecule has 0 N–H and O–H groups in total. The van der Waals surface area contributed by atoms with Gasteiger partial charge in [-0.2, -0.15) is 0 Å². The van der Waals surface area contributed by atoms with Gasteiger partial charge in [-0.05, 0) is 41.3 Å². The molecule has 0 radical (unpaired) electrons. The molecule has 3 aromatic rings. The summed E-state index contributed by atoms with van der Waals surface area (Å²) in [5.41, 5.74) is 4.47. The number of benzene rings is 2. The standard InChI is InChI=1S/C17H14ClN/c1-2-12-10-15-11-14(13-6-4-3-5-7-13)8-9-16(15)19-17(12)18/h3-11H,2H2,1H3. The number of nitrogens with zero attached hydrogens (tertiary/aromatic N) is 1. The lowest BCUT2D eigenvalue weighted by Gasteiger charge is -2.06. The normalized spacial score (nSPS) is 10.8. The Balaban J connectivity index is 2.18. The van der Waals surface area contributed by atoms with Crippen LogP contribution in [-0.4, -0.2) is 4.98 Å². The SMILES string of the molecule is CCc1cc2cc(-c3ccccc3)ccc2nc1Cl. The zero-order valence-corrected chi connectivity index (χ0v) is 11.5. The Labute approximate surface area is 117 Å². The number of aromatic nitrogens is 1. The Morgan fingerprint density at radius 1 is 0.947 bits per heavy atom. The smallest absolute Gasteiger partial charge is 0.132 e. The topological polar surface area (TPSA) is 12.9 Å². The van der Waals surface area contributed by atoms with Gasteiger partial charge in [0.05, 0.1) is 5.52 Å². The summed E-state index contributed by atoms with van der Waals surface area (Å²) in [4.78, 5) is 4.45. The van der Waals surface area contributed by atoms with E-state index in [-0.39, 0.29) is 0 Å². The quantitative estimate of drug-likeness (QED) is 0.588. The predicted octanol–water partition coefficient (Wildman–Crippen LogP) is 5.12. The average molecular weight is 268 g/mol. The highest BCUT2D eigenvalue weighted by Gasteiger charge is 2.05. The highest BCUT2D eigenvalue weighted by molar-refractivity contribution is 6.30. The molecule has 0 aliphatic heterocycles. The molecule has 0 fully saturated rings. The Hall–Kier alpha value is -1.86. The first-order valence-corrected chi connectivity index (χ1v) is 6.80. The maximum Gasteiger partial charge on any atom is 0.132 e. The van der Waals surface area contributed by atoms with Crippen molar-refractivity contribution in [3.63, 3.8) is 0 Å². The van der Waals surface area contributed by atoms with Crippen molar-refractivity contribution < 1.29 is 0 Å². The molecular weight excluding hydrogens is 254 g/mol. The number of pyridine rings is 1. The molecule has 0 atom stereocenters. The van der Waals surface area contributed by atoms with Crippen molar-refractivity contribution >= 4 is 22.5 Å². The molecular formula is C17H14ClN. The largest absolute Gasteiger partial charge is 0.236 e. The second kappa shape index (κ2) is 5.02. The highest BCUT2D eigenvalue weighted by Crippen LogP contribution is 2.26. The monoisotopic (exact) mass is 267 g/mol. The van der Waals surface area contributed by atoms with Crippen LogP contribution in [0, 0.1) is 0 Å². The fourth-order valence-corrected chi connectivity index (χ4v) is 2.53. The van der Waals surface area contributed by atoms with Gasteiger partial charge in [0.15, 0.2) is 0 Å². The molecule has 2 aromatic carbocycles. The summed E-state index contributed by atoms with van der Waals surface area (Å²) < 4.78 is 0. The van der Waals surface area contributed by atoms with E-state index in [4.69, 9.17) is 11.6 Å². The van der Waals surface area contributed by atoms with Crippen molar-refractivity contribution in [2.45, 2.75) is 13.3 Å². The number of fused-ring (bicyclic) bond motifs is 1. The Kier molecular flexibility index (Phi) is 3.22. The van der Waals surface area contributed by atoms with Gasteiger partial charge in [0, 0.05) is 5.39 Å². The van der Waals surface area contributed by atoms with Crippen molar-refractivity contribution in [1.82, 2.24) is 4.98 Å². The molecule has 19 heavy (non-hydrogen) atoms. The van der Waals surface area contributed by atoms with E-state index < -0.39 is 0 Å². The third-order valence-electron chi connectivity index (χ3n) is 3.33. The van der Waals surface area contributed by atoms with Crippen LogP contribution in [0.4, 0.5) is 0 Å². The van der Waals surface area contributed by atoms with E-state index in [0.29, 0.717) is 5.15 Å². The fourth-order valence-electron chi connectivity index (χ4n) is 2.25. The van der Waals surface area contributed by atoms with E-state index >= 15 is 0 Å². The molecule has 0 bridgehead atoms. The predicted molar refractivity (Wildman–Crippen MR) is 81.6 cm³/mol. The molecule has 0 unspecified atom stereocenters. The molecule has 1 aromatic heterocycles. The Morgan fingerprint density at radius 3 is 2.47 bits per heavy atom. The summed E-state index contributed by atoms with van der Waals surface area (Å²) in [6.07, 6.45) is 0.900. The third-order valence-corrected chi connectivity index (χ3v) is 3.66. The van der Waals surface area contributed by atoms with Crippen molar-refractivity contribution in [3.8, 4) is 11.1 Å². The zero-order valence-electron chi connectivity index (χ0n) is 10.7. The van der Waals surface area contributed by atoms with Crippen molar-refractivity contribution in [3.05, 3.63) is 65.3 Å². The van der Waals surface area contributed by atoms with Gasteiger partial charge in [0.1, 0.15) is 5.15 Å². The number of halogens is 1. The highest BCUT2D eigenvalue weighted by atomic mass is 35.5. The second-order valence-electron chi connectivity index (χ2n) is 4.57. The fraction of sp³-hybridized carbons (Fsp3) is 0.118. The molecule has 3 rings (SSSR count). The van der Waals surface area contributed by atoms with Crippen LogP contribution >= 0.6 is 11.6 Å². The van der Waals surface area contributed by atoms with Crippen molar-refractivity contribution in [1.29, 1.82) is 0 Å². The first kappa shape index (κ1) is 12.2. The van der Waals surface area contributed by atoms with Gasteiger partial charge in [-0.25, -0.2) is 4.98 Å². The van der Waals surface area contributed by atoms with Crippen molar-refractivity contribution in [2.24, 2.45) is 0 Å². The van der Waals surface area contributed by atoms with Gasteiger partial charge in [0.2, 0.25) is 0 Å². The molecule has 2 heteroatoms. The van der Waals surface area contributed by atoms with Gasteiger partial charge >= 0.3 is 0 Å². The molecule has 0 saturated heterocycles. The van der Waals surface area contributed by atoms with Gasteiger partial charge in [-0.1, -0.05) is 54.9 Å². The zero-order chi connectivity index (χ0) is 13.2. The number of hydrogen-bond acceptors (Lipinski definition) is 1. The van der Waals surface area contributed by atoms with E-state index in [1.54, 1.807) is 0 Å². The summed E-state index contributed by atoms with van der Waals surface area (Å²) in [6, 6.07) is 18.8. The number of aryl methyl sites for hydroxylation is 1. The summed E-state index contributed by atoms with van der Waals surface area (Å²) in [5, 5.41) is 1.75. The maximum absolute atomic E-state index is 6.15. The first-order valence-electron chi connectivity index (χ1n) is 6.42. The second-order valence-corrected chi connectivity index (χ2v) is 4.92. The molecule has 0 aliphatic rings. The van der Waals surface area contributed by atoms with Crippen molar-refractivity contribution in [2.75, 3.05) is 0 Å². The van der Waals surface area contributed by atoms with Gasteiger partial charge in [-0.3, -0.25) is 0 Å². The van der Waals surface area contributed by atoms with Crippen LogP contribution in [0.3, 0.4) is 0 Å². The summed E-state index contributed by atoms with van der Waals surface area (Å²) in [6.45, 7) is 2.09. The number of hydrogen-bond donors (Lipinski definition) is 0. The Morgan fingerprint density at radius 2 is 1.74 bits per heavy atom. The lowest BCUT2D eigenvalue weighted by molar-refractivity contribution is 1.12. The van der Waals surface area contributed by atoms with Crippen LogP contribution in [0.5, 0.6) is 0 Å². The van der Waals surface area contributed by atoms with Crippen LogP contribution in [0.2, 0.25) is 5.15 Å². The summed E-state index contributed by atoms with van der Waals surface area (Å²) in [7, 11) is 0. The summed E-state index contributed by atoms with van der Waals surface area (Å²) >= 11 is 6.15. The molecule has 0 spiro atoms. The van der Waals surface area contributed by atoms with E-state index in [2.05, 4.69) is 54.4 Å². The molecule has 0 saturated carbocycles. The van der Waals surface area contributed by atoms with Crippen LogP contribution in [0.1, 0.15) is 12.5 Å². The minimum Gasteiger partial charge on any atom is -0.236 e. The maximum atomic E-state index is 6.15. The number of rotatable bonds is 2. The lowest BCUT2D eigenvalue weighted by atomic mass is 10.0. The van der Waals surface area contributed by atoms with E-state index in [9.17, 15) is 0 Å². The van der Waals surface area contributed by atoms with Crippen LogP contribution < -0.4 is 0 Å². The van der Waals surface area contributed by atoms with Gasteiger partial charge < -0.3 is 0 Å². The molecule has 94 valence electrons. The average Bonchev–Trinajstić information content (AvgIpc) is 2.47. The van der Waals surface area contributed by atoms with Crippen LogP contribution in [-0.2, 0) is 6.42 Å². The molecule has 0 amide bonds. The van der Waals surface area contributed by atoms with Gasteiger partial charge in [0.25, 0.3) is 0 Å². The van der Waals surface area contributed by atoms with E-state index in [0.717, 1.165) is 22.9 Å². The minimum absolute atomic E-state index is 0.613. The minimum atomic E-state index is 0.613.